The predicted octanol–water partition coefficient (Wildman–Crippen LogP) is 2.87. The van der Waals surface area contributed by atoms with E-state index in [0.29, 0.717) is 16.9 Å². The number of nitrogens with one attached hydrogen (secondary N) is 1. The van der Waals surface area contributed by atoms with Crippen molar-refractivity contribution in [1.29, 1.82) is 0 Å². The number of benzene rings is 2. The number of esters is 1. The lowest BCUT2D eigenvalue weighted by molar-refractivity contribution is -0.128. The molecule has 0 bridgehead atoms. The third-order valence-corrected chi connectivity index (χ3v) is 3.27. The summed E-state index contributed by atoms with van der Waals surface area (Å²) in [4.78, 5) is 34.6. The first-order valence-corrected chi connectivity index (χ1v) is 7.32. The van der Waals surface area contributed by atoms with Gasteiger partial charge in [-0.25, -0.2) is 4.79 Å². The van der Waals surface area contributed by atoms with Gasteiger partial charge in [0, 0.05) is 24.3 Å². The number of Topliss-reactive ketones (excluding diaryl/α,β-unsaturated/α-hetero) is 1. The summed E-state index contributed by atoms with van der Waals surface area (Å²) in [7, 11) is 1.56. The van der Waals surface area contributed by atoms with Crippen LogP contribution in [0.5, 0.6) is 5.75 Å². The molecule has 1 amide bonds. The molecule has 0 spiro atoms. The van der Waals surface area contributed by atoms with Crippen LogP contribution >= 0.6 is 0 Å². The highest BCUT2D eigenvalue weighted by atomic mass is 16.5. The highest BCUT2D eigenvalue weighted by Crippen LogP contribution is 2.14. The van der Waals surface area contributed by atoms with E-state index in [-0.39, 0.29) is 11.7 Å². The van der Waals surface area contributed by atoms with E-state index in [1.807, 2.05) is 0 Å². The lowest BCUT2D eigenvalue weighted by Gasteiger charge is -2.03. The topological polar surface area (TPSA) is 72.5 Å². The summed E-state index contributed by atoms with van der Waals surface area (Å²) in [5.74, 6) is -0.506. The van der Waals surface area contributed by atoms with Crippen LogP contribution in [0.1, 0.15) is 33.2 Å². The monoisotopic (exact) mass is 323 g/mol. The third kappa shape index (κ3) is 4.64. The Bertz CT molecular complexity index is 791. The Balaban J connectivity index is 2.01. The van der Waals surface area contributed by atoms with Gasteiger partial charge in [-0.2, -0.15) is 0 Å². The van der Waals surface area contributed by atoms with Crippen LogP contribution in [0.15, 0.2) is 54.6 Å². The fourth-order valence-corrected chi connectivity index (χ4v) is 1.98. The Hall–Kier alpha value is -3.21. The Morgan fingerprint density at radius 3 is 2.33 bits per heavy atom. The Morgan fingerprint density at radius 2 is 1.71 bits per heavy atom. The molecule has 0 saturated carbocycles. The highest BCUT2D eigenvalue weighted by Gasteiger charge is 2.05. The fraction of sp³-hybridized carbons (Fsp3) is 0.105. The minimum Gasteiger partial charge on any atom is -0.423 e. The molecule has 0 radical (unpaired) electrons. The summed E-state index contributed by atoms with van der Waals surface area (Å²) in [6.07, 6.45) is 2.88. The zero-order valence-electron chi connectivity index (χ0n) is 13.4. The molecule has 24 heavy (non-hydrogen) atoms. The summed E-state index contributed by atoms with van der Waals surface area (Å²) in [5.41, 5.74) is 1.78. The largest absolute Gasteiger partial charge is 0.423 e. The van der Waals surface area contributed by atoms with E-state index in [4.69, 9.17) is 4.74 Å². The zero-order valence-corrected chi connectivity index (χ0v) is 13.4. The van der Waals surface area contributed by atoms with Gasteiger partial charge >= 0.3 is 5.97 Å². The number of ether oxygens (including phenoxy) is 1. The van der Waals surface area contributed by atoms with Crippen molar-refractivity contribution in [1.82, 2.24) is 5.32 Å². The number of rotatable bonds is 5. The molecule has 0 aliphatic carbocycles. The summed E-state index contributed by atoms with van der Waals surface area (Å²) < 4.78 is 5.16. The molecule has 0 aliphatic heterocycles. The van der Waals surface area contributed by atoms with Crippen LogP contribution < -0.4 is 10.1 Å². The van der Waals surface area contributed by atoms with Gasteiger partial charge in [0.05, 0.1) is 0 Å². The molecule has 0 atom stereocenters. The molecule has 2 aromatic rings. The molecule has 0 unspecified atom stereocenters. The zero-order chi connectivity index (χ0) is 17.5. The van der Waals surface area contributed by atoms with Crippen molar-refractivity contribution in [3.05, 3.63) is 71.3 Å². The SMILES string of the molecule is CNC(=O)c1ccc(/C=C/C(=O)Oc2cccc(C(C)=O)c2)cc1. The molecule has 0 heterocycles. The van der Waals surface area contributed by atoms with Gasteiger partial charge in [0.25, 0.3) is 5.91 Å². The normalized spacial score (nSPS) is 10.4. The first-order chi connectivity index (χ1) is 11.5. The number of ketones is 1. The number of hydrogen-bond acceptors (Lipinski definition) is 4. The molecule has 2 rings (SSSR count). The molecule has 122 valence electrons. The van der Waals surface area contributed by atoms with Crippen LogP contribution in [0.4, 0.5) is 0 Å². The molecule has 0 saturated heterocycles. The van der Waals surface area contributed by atoms with E-state index in [1.54, 1.807) is 55.6 Å². The van der Waals surface area contributed by atoms with Gasteiger partial charge in [-0.15, -0.1) is 0 Å². The lowest BCUT2D eigenvalue weighted by Crippen LogP contribution is -2.17. The maximum absolute atomic E-state index is 11.8. The Labute approximate surface area is 140 Å². The third-order valence-electron chi connectivity index (χ3n) is 3.27. The van der Waals surface area contributed by atoms with E-state index < -0.39 is 5.97 Å². The Kier molecular flexibility index (Phi) is 5.63. The maximum atomic E-state index is 11.8. The molecule has 0 aliphatic rings. The van der Waals surface area contributed by atoms with Crippen LogP contribution in [0.3, 0.4) is 0 Å². The number of carbonyl (C=O) groups excluding carboxylic acids is 3. The average molecular weight is 323 g/mol. The van der Waals surface area contributed by atoms with Gasteiger partial charge in [0.2, 0.25) is 0 Å². The number of carbonyl (C=O) groups is 3. The van der Waals surface area contributed by atoms with Gasteiger partial charge in [-0.05, 0) is 42.8 Å². The average Bonchev–Trinajstić information content (AvgIpc) is 2.60. The van der Waals surface area contributed by atoms with Crippen LogP contribution in [0, 0.1) is 0 Å². The van der Waals surface area contributed by atoms with Gasteiger partial charge < -0.3 is 10.1 Å². The quantitative estimate of drug-likeness (QED) is 0.397. The maximum Gasteiger partial charge on any atom is 0.336 e. The van der Waals surface area contributed by atoms with Crippen LogP contribution in [0.25, 0.3) is 6.08 Å². The second kappa shape index (κ2) is 7.87. The van der Waals surface area contributed by atoms with E-state index >= 15 is 0 Å². The highest BCUT2D eigenvalue weighted by molar-refractivity contribution is 5.95. The van der Waals surface area contributed by atoms with Crippen LogP contribution in [-0.2, 0) is 4.79 Å². The van der Waals surface area contributed by atoms with Crippen molar-refractivity contribution in [2.24, 2.45) is 0 Å². The number of hydrogen-bond donors (Lipinski definition) is 1. The fourth-order valence-electron chi connectivity index (χ4n) is 1.98. The van der Waals surface area contributed by atoms with Crippen LogP contribution in [0.2, 0.25) is 0 Å². The second-order valence-electron chi connectivity index (χ2n) is 5.04. The minimum absolute atomic E-state index is 0.0975. The first kappa shape index (κ1) is 17.1. The molecule has 1 N–H and O–H groups in total. The standard InChI is InChI=1S/C19H17NO4/c1-13(21)16-4-3-5-17(12-16)24-18(22)11-8-14-6-9-15(10-7-14)19(23)20-2/h3-12H,1-2H3,(H,20,23)/b11-8+. The summed E-state index contributed by atoms with van der Waals surface area (Å²) in [5, 5.41) is 2.54. The summed E-state index contributed by atoms with van der Waals surface area (Å²) in [6.45, 7) is 1.45. The molecule has 5 heteroatoms. The smallest absolute Gasteiger partial charge is 0.336 e. The van der Waals surface area contributed by atoms with Crippen molar-refractivity contribution in [3.8, 4) is 5.75 Å². The molecule has 0 aromatic heterocycles. The van der Waals surface area contributed by atoms with Gasteiger partial charge in [-0.3, -0.25) is 9.59 Å². The molecular weight excluding hydrogens is 306 g/mol. The number of amides is 1. The predicted molar refractivity (Wildman–Crippen MR) is 90.9 cm³/mol. The van der Waals surface area contributed by atoms with Gasteiger partial charge in [-0.1, -0.05) is 24.3 Å². The summed E-state index contributed by atoms with van der Waals surface area (Å²) in [6, 6.07) is 13.2. The van der Waals surface area contributed by atoms with Crippen molar-refractivity contribution in [3.63, 3.8) is 0 Å². The first-order valence-electron chi connectivity index (χ1n) is 7.32. The molecular formula is C19H17NO4. The van der Waals surface area contributed by atoms with Gasteiger partial charge in [0.15, 0.2) is 5.78 Å². The molecule has 0 fully saturated rings. The Morgan fingerprint density at radius 1 is 1.00 bits per heavy atom. The van der Waals surface area contributed by atoms with E-state index in [2.05, 4.69) is 5.32 Å². The van der Waals surface area contributed by atoms with Gasteiger partial charge in [0.1, 0.15) is 5.75 Å². The van der Waals surface area contributed by atoms with E-state index in [9.17, 15) is 14.4 Å². The summed E-state index contributed by atoms with van der Waals surface area (Å²) >= 11 is 0. The van der Waals surface area contributed by atoms with E-state index in [0.717, 1.165) is 5.56 Å². The second-order valence-corrected chi connectivity index (χ2v) is 5.04. The van der Waals surface area contributed by atoms with Crippen molar-refractivity contribution >= 4 is 23.7 Å². The molecule has 5 nitrogen and oxygen atoms in total. The van der Waals surface area contributed by atoms with Crippen LogP contribution in [-0.4, -0.2) is 24.7 Å². The van der Waals surface area contributed by atoms with E-state index in [1.165, 1.54) is 19.1 Å². The lowest BCUT2D eigenvalue weighted by atomic mass is 10.1. The van der Waals surface area contributed by atoms with Crippen molar-refractivity contribution in [2.45, 2.75) is 6.92 Å². The minimum atomic E-state index is -0.550. The molecule has 2 aromatic carbocycles. The van der Waals surface area contributed by atoms with Crippen molar-refractivity contribution in [2.75, 3.05) is 7.05 Å². The van der Waals surface area contributed by atoms with Crippen molar-refractivity contribution < 1.29 is 19.1 Å².